The highest BCUT2D eigenvalue weighted by molar-refractivity contribution is 6.43. The highest BCUT2D eigenvalue weighted by Gasteiger charge is 2.17. The summed E-state index contributed by atoms with van der Waals surface area (Å²) in [5, 5.41) is 12.3. The van der Waals surface area contributed by atoms with Gasteiger partial charge in [0.05, 0.1) is 12.3 Å². The van der Waals surface area contributed by atoms with Crippen LogP contribution in [0.1, 0.15) is 12.5 Å². The topological polar surface area (TPSA) is 91.3 Å². The van der Waals surface area contributed by atoms with E-state index in [1.54, 1.807) is 42.5 Å². The number of carbonyl (C=O) groups is 2. The van der Waals surface area contributed by atoms with E-state index < -0.39 is 11.8 Å². The Kier molecular flexibility index (Phi) is 6.08. The van der Waals surface area contributed by atoms with Crippen molar-refractivity contribution in [1.29, 1.82) is 5.41 Å². The molecule has 0 fully saturated rings. The Morgan fingerprint density at radius 2 is 1.58 bits per heavy atom. The molecule has 3 N–H and O–H groups in total. The zero-order chi connectivity index (χ0) is 17.4. The van der Waals surface area contributed by atoms with E-state index in [-0.39, 0.29) is 0 Å². The van der Waals surface area contributed by atoms with E-state index in [2.05, 4.69) is 10.6 Å². The first kappa shape index (κ1) is 17.2. The van der Waals surface area contributed by atoms with E-state index in [0.717, 1.165) is 5.56 Å². The summed E-state index contributed by atoms with van der Waals surface area (Å²) >= 11 is 0. The second kappa shape index (κ2) is 8.47. The average Bonchev–Trinajstić information content (AvgIpc) is 2.58. The molecule has 0 aliphatic rings. The first-order valence-corrected chi connectivity index (χ1v) is 7.56. The van der Waals surface area contributed by atoms with Crippen molar-refractivity contribution < 1.29 is 14.3 Å². The van der Waals surface area contributed by atoms with Crippen molar-refractivity contribution in [2.24, 2.45) is 0 Å². The molecule has 0 atom stereocenters. The molecular weight excluding hydrogens is 306 g/mol. The van der Waals surface area contributed by atoms with E-state index in [0.29, 0.717) is 30.2 Å². The molecule has 2 rings (SSSR count). The smallest absolute Gasteiger partial charge is 0.314 e. The predicted octanol–water partition coefficient (Wildman–Crippen LogP) is 2.85. The van der Waals surface area contributed by atoms with Gasteiger partial charge in [-0.25, -0.2) is 0 Å². The van der Waals surface area contributed by atoms with Crippen LogP contribution in [-0.4, -0.2) is 24.6 Å². The fraction of sp³-hybridized carbons (Fsp3) is 0.167. The van der Waals surface area contributed by atoms with Crippen molar-refractivity contribution in [3.63, 3.8) is 0 Å². The molecule has 6 heteroatoms. The van der Waals surface area contributed by atoms with Gasteiger partial charge >= 0.3 is 11.8 Å². The zero-order valence-electron chi connectivity index (χ0n) is 13.3. The quantitative estimate of drug-likeness (QED) is 0.563. The van der Waals surface area contributed by atoms with E-state index in [1.807, 2.05) is 13.0 Å². The summed E-state index contributed by atoms with van der Waals surface area (Å²) in [6, 6.07) is 14.0. The highest BCUT2D eigenvalue weighted by Crippen LogP contribution is 2.23. The summed E-state index contributed by atoms with van der Waals surface area (Å²) in [6.45, 7) is 2.29. The second-order valence-corrected chi connectivity index (χ2v) is 4.90. The number of anilines is 2. The van der Waals surface area contributed by atoms with Crippen LogP contribution >= 0.6 is 0 Å². The fourth-order valence-electron chi connectivity index (χ4n) is 2.14. The van der Waals surface area contributed by atoms with Crippen LogP contribution in [0.3, 0.4) is 0 Å². The first-order valence-electron chi connectivity index (χ1n) is 7.56. The van der Waals surface area contributed by atoms with Crippen LogP contribution in [0.5, 0.6) is 5.75 Å². The van der Waals surface area contributed by atoms with Crippen molar-refractivity contribution >= 4 is 29.4 Å². The predicted molar refractivity (Wildman–Crippen MR) is 93.8 cm³/mol. The third-order valence-corrected chi connectivity index (χ3v) is 3.23. The molecule has 0 bridgehead atoms. The normalized spacial score (nSPS) is 9.88. The number of nitrogens with one attached hydrogen (secondary N) is 3. The Morgan fingerprint density at radius 1 is 1.00 bits per heavy atom. The number of amides is 2. The van der Waals surface area contributed by atoms with Gasteiger partial charge in [0.25, 0.3) is 0 Å². The molecule has 0 saturated carbocycles. The Morgan fingerprint density at radius 3 is 2.25 bits per heavy atom. The number of benzene rings is 2. The van der Waals surface area contributed by atoms with Gasteiger partial charge in [-0.2, -0.15) is 0 Å². The number of para-hydroxylation sites is 3. The van der Waals surface area contributed by atoms with Gasteiger partial charge in [-0.05, 0) is 36.9 Å². The molecule has 2 amide bonds. The first-order chi connectivity index (χ1) is 11.7. The second-order valence-electron chi connectivity index (χ2n) is 4.90. The van der Waals surface area contributed by atoms with E-state index in [9.17, 15) is 9.59 Å². The van der Waals surface area contributed by atoms with Gasteiger partial charge in [-0.15, -0.1) is 0 Å². The molecule has 2 aromatic carbocycles. The molecule has 0 heterocycles. The lowest BCUT2D eigenvalue weighted by Crippen LogP contribution is -2.29. The third-order valence-electron chi connectivity index (χ3n) is 3.23. The maximum atomic E-state index is 12.1. The molecule has 0 saturated heterocycles. The minimum Gasteiger partial charge on any atom is -0.492 e. The summed E-state index contributed by atoms with van der Waals surface area (Å²) in [7, 11) is 0. The molecular formula is C18H19N3O3. The fourth-order valence-corrected chi connectivity index (χ4v) is 2.14. The number of hydrogen-bond donors (Lipinski definition) is 3. The van der Waals surface area contributed by atoms with E-state index >= 15 is 0 Å². The number of carbonyl (C=O) groups excluding carboxylic acids is 2. The van der Waals surface area contributed by atoms with Crippen LogP contribution in [0.15, 0.2) is 48.5 Å². The van der Waals surface area contributed by atoms with Crippen LogP contribution in [0.4, 0.5) is 11.4 Å². The Balaban J connectivity index is 2.08. The third kappa shape index (κ3) is 4.42. The lowest BCUT2D eigenvalue weighted by molar-refractivity contribution is -0.133. The van der Waals surface area contributed by atoms with Crippen LogP contribution < -0.4 is 15.4 Å². The van der Waals surface area contributed by atoms with E-state index in [1.165, 1.54) is 6.21 Å². The monoisotopic (exact) mass is 325 g/mol. The van der Waals surface area contributed by atoms with Gasteiger partial charge in [-0.1, -0.05) is 30.3 Å². The summed E-state index contributed by atoms with van der Waals surface area (Å²) in [5.74, 6) is -1.06. The van der Waals surface area contributed by atoms with Crippen LogP contribution in [-0.2, 0) is 16.0 Å². The molecule has 2 aromatic rings. The van der Waals surface area contributed by atoms with Crippen LogP contribution in [0.2, 0.25) is 0 Å². The van der Waals surface area contributed by atoms with Crippen molar-refractivity contribution in [2.45, 2.75) is 13.3 Å². The lowest BCUT2D eigenvalue weighted by atomic mass is 10.1. The molecule has 0 radical (unpaired) electrons. The maximum Gasteiger partial charge on any atom is 0.314 e. The van der Waals surface area contributed by atoms with Gasteiger partial charge in [0.15, 0.2) is 0 Å². The largest absolute Gasteiger partial charge is 0.492 e. The average molecular weight is 325 g/mol. The molecule has 0 aliphatic carbocycles. The zero-order valence-corrected chi connectivity index (χ0v) is 13.3. The molecule has 24 heavy (non-hydrogen) atoms. The van der Waals surface area contributed by atoms with Crippen molar-refractivity contribution in [3.05, 3.63) is 54.1 Å². The molecule has 0 unspecified atom stereocenters. The van der Waals surface area contributed by atoms with Gasteiger partial charge in [0, 0.05) is 12.1 Å². The van der Waals surface area contributed by atoms with Gasteiger partial charge < -0.3 is 20.8 Å². The molecule has 0 spiro atoms. The number of rotatable bonds is 6. The number of hydrogen-bond acceptors (Lipinski definition) is 4. The van der Waals surface area contributed by atoms with Gasteiger partial charge in [-0.3, -0.25) is 9.59 Å². The van der Waals surface area contributed by atoms with Crippen LogP contribution in [0.25, 0.3) is 0 Å². The lowest BCUT2D eigenvalue weighted by Gasteiger charge is -2.12. The summed E-state index contributed by atoms with van der Waals surface area (Å²) in [4.78, 5) is 24.2. The standard InChI is InChI=1S/C18H19N3O3/c1-2-24-16-10-6-5-9-15(16)21-18(23)17(22)20-14-8-4-3-7-13(14)11-12-19/h3-10,12,19H,2,11H2,1H3,(H,20,22)(H,21,23). The summed E-state index contributed by atoms with van der Waals surface area (Å²) in [5.41, 5.74) is 1.72. The van der Waals surface area contributed by atoms with Crippen molar-refractivity contribution in [3.8, 4) is 5.75 Å². The molecule has 124 valence electrons. The van der Waals surface area contributed by atoms with Gasteiger partial charge in [0.1, 0.15) is 5.75 Å². The molecule has 0 aliphatic heterocycles. The van der Waals surface area contributed by atoms with E-state index in [4.69, 9.17) is 10.1 Å². The maximum absolute atomic E-state index is 12.1. The number of ether oxygens (including phenoxy) is 1. The Hall–Kier alpha value is -3.15. The Bertz CT molecular complexity index is 744. The molecule has 0 aromatic heterocycles. The van der Waals surface area contributed by atoms with Gasteiger partial charge in [0.2, 0.25) is 0 Å². The summed E-state index contributed by atoms with van der Waals surface area (Å²) in [6.07, 6.45) is 1.62. The Labute approximate surface area is 140 Å². The van der Waals surface area contributed by atoms with Crippen LogP contribution in [0, 0.1) is 5.41 Å². The summed E-state index contributed by atoms with van der Waals surface area (Å²) < 4.78 is 5.42. The van der Waals surface area contributed by atoms with Crippen molar-refractivity contribution in [1.82, 2.24) is 0 Å². The minimum absolute atomic E-state index is 0.380. The highest BCUT2D eigenvalue weighted by atomic mass is 16.5. The minimum atomic E-state index is -0.785. The SMILES string of the molecule is CCOc1ccccc1NC(=O)C(=O)Nc1ccccc1CC=N. The van der Waals surface area contributed by atoms with Crippen molar-refractivity contribution in [2.75, 3.05) is 17.2 Å². The molecule has 6 nitrogen and oxygen atoms in total.